The van der Waals surface area contributed by atoms with E-state index in [9.17, 15) is 22.8 Å². The fraction of sp³-hybridized carbons (Fsp3) is 0.400. The first-order valence-corrected chi connectivity index (χ1v) is 12.0. The molecule has 0 spiro atoms. The van der Waals surface area contributed by atoms with Gasteiger partial charge in [0.25, 0.3) is 5.91 Å². The molecule has 2 N–H and O–H groups in total. The Hall–Kier alpha value is -3.96. The van der Waals surface area contributed by atoms with Crippen molar-refractivity contribution in [2.24, 2.45) is 0 Å². The van der Waals surface area contributed by atoms with Crippen LogP contribution in [0.1, 0.15) is 60.1 Å². The molecule has 0 saturated heterocycles. The lowest BCUT2D eigenvalue weighted by Gasteiger charge is -2.36. The number of aromatic nitrogens is 4. The molecular formula is C25H27F3N6O3. The standard InChI is InChI=1S/C25H27F3N6O3/c26-25(27,28)20-15-33(16-32-20)21-9-8-17(13-31-21)14-34(18-5-2-1-3-6-18)23-19(7-4-11-29-23)24(37)30-12-10-22(35)36/h4,7-9,11,13,15-16,18H,1-3,5-6,10,12,14H2,(H,30,37)(H,35,36). The van der Waals surface area contributed by atoms with Gasteiger partial charge in [0.1, 0.15) is 18.0 Å². The predicted octanol–water partition coefficient (Wildman–Crippen LogP) is 4.22. The van der Waals surface area contributed by atoms with Gasteiger partial charge in [-0.3, -0.25) is 14.2 Å². The maximum Gasteiger partial charge on any atom is 0.434 e. The summed E-state index contributed by atoms with van der Waals surface area (Å²) in [5, 5.41) is 11.5. The SMILES string of the molecule is O=C(O)CCNC(=O)c1cccnc1N(Cc1ccc(-n2cnc(C(F)(F)F)c2)nc1)C1CCCCC1. The number of halogens is 3. The van der Waals surface area contributed by atoms with Crippen LogP contribution in [0.4, 0.5) is 19.0 Å². The molecule has 1 aliphatic rings. The van der Waals surface area contributed by atoms with Gasteiger partial charge < -0.3 is 15.3 Å². The summed E-state index contributed by atoms with van der Waals surface area (Å²) in [5.74, 6) is -0.612. The highest BCUT2D eigenvalue weighted by molar-refractivity contribution is 5.99. The average molecular weight is 517 g/mol. The van der Waals surface area contributed by atoms with Gasteiger partial charge in [0.15, 0.2) is 5.69 Å². The number of pyridine rings is 2. The van der Waals surface area contributed by atoms with E-state index < -0.39 is 23.7 Å². The van der Waals surface area contributed by atoms with Crippen LogP contribution in [0.15, 0.2) is 49.2 Å². The summed E-state index contributed by atoms with van der Waals surface area (Å²) >= 11 is 0. The van der Waals surface area contributed by atoms with Crippen molar-refractivity contribution in [1.82, 2.24) is 24.8 Å². The minimum absolute atomic E-state index is 0.00160. The van der Waals surface area contributed by atoms with E-state index in [0.717, 1.165) is 50.2 Å². The maximum absolute atomic E-state index is 12.9. The van der Waals surface area contributed by atoms with Crippen LogP contribution in [0.3, 0.4) is 0 Å². The number of aliphatic carboxylic acids is 1. The van der Waals surface area contributed by atoms with Gasteiger partial charge in [-0.15, -0.1) is 0 Å². The summed E-state index contributed by atoms with van der Waals surface area (Å²) in [6.45, 7) is 0.393. The first-order valence-electron chi connectivity index (χ1n) is 12.0. The number of alkyl halides is 3. The van der Waals surface area contributed by atoms with Crippen LogP contribution in [0.25, 0.3) is 5.82 Å². The number of hydrogen-bond acceptors (Lipinski definition) is 6. The molecular weight excluding hydrogens is 489 g/mol. The Labute approximate surface area is 211 Å². The molecule has 3 aromatic rings. The van der Waals surface area contributed by atoms with E-state index in [1.54, 1.807) is 36.7 Å². The van der Waals surface area contributed by atoms with Gasteiger partial charge in [-0.1, -0.05) is 25.3 Å². The van der Waals surface area contributed by atoms with Gasteiger partial charge in [0.05, 0.1) is 12.0 Å². The fourth-order valence-corrected chi connectivity index (χ4v) is 4.41. The number of nitrogens with zero attached hydrogens (tertiary/aromatic N) is 5. The number of imidazole rings is 1. The highest BCUT2D eigenvalue weighted by Crippen LogP contribution is 2.30. The first kappa shape index (κ1) is 26.1. The second kappa shape index (κ2) is 11.4. The largest absolute Gasteiger partial charge is 0.481 e. The molecule has 0 aromatic carbocycles. The Kier molecular flexibility index (Phi) is 8.04. The van der Waals surface area contributed by atoms with Crippen LogP contribution in [0, 0.1) is 0 Å². The third kappa shape index (κ3) is 6.63. The number of anilines is 1. The molecule has 1 saturated carbocycles. The quantitative estimate of drug-likeness (QED) is 0.438. The van der Waals surface area contributed by atoms with E-state index in [1.807, 2.05) is 0 Å². The number of rotatable bonds is 9. The Morgan fingerprint density at radius 3 is 2.54 bits per heavy atom. The van der Waals surface area contributed by atoms with Crippen molar-refractivity contribution in [3.8, 4) is 5.82 Å². The number of carboxylic acid groups (broad SMARTS) is 1. The van der Waals surface area contributed by atoms with Crippen molar-refractivity contribution in [1.29, 1.82) is 0 Å². The molecule has 37 heavy (non-hydrogen) atoms. The Morgan fingerprint density at radius 1 is 1.11 bits per heavy atom. The monoisotopic (exact) mass is 516 g/mol. The molecule has 3 aromatic heterocycles. The average Bonchev–Trinajstić information content (AvgIpc) is 3.39. The summed E-state index contributed by atoms with van der Waals surface area (Å²) in [5.41, 5.74) is 0.153. The Bertz CT molecular complexity index is 1220. The lowest BCUT2D eigenvalue weighted by atomic mass is 9.93. The van der Waals surface area contributed by atoms with Gasteiger partial charge >= 0.3 is 12.1 Å². The molecule has 0 aliphatic heterocycles. The topological polar surface area (TPSA) is 113 Å². The summed E-state index contributed by atoms with van der Waals surface area (Å²) in [4.78, 5) is 38.0. The molecule has 0 atom stereocenters. The van der Waals surface area contributed by atoms with Crippen LogP contribution >= 0.6 is 0 Å². The molecule has 1 amide bonds. The fourth-order valence-electron chi connectivity index (χ4n) is 4.41. The summed E-state index contributed by atoms with van der Waals surface area (Å²) in [6, 6.07) is 6.85. The molecule has 0 unspecified atom stereocenters. The van der Waals surface area contributed by atoms with E-state index in [0.29, 0.717) is 23.7 Å². The van der Waals surface area contributed by atoms with E-state index in [-0.39, 0.29) is 19.0 Å². The summed E-state index contributed by atoms with van der Waals surface area (Å²) in [6.07, 6.45) is 5.53. The minimum Gasteiger partial charge on any atom is -0.481 e. The molecule has 9 nitrogen and oxygen atoms in total. The van der Waals surface area contributed by atoms with Crippen molar-refractivity contribution in [2.45, 2.75) is 57.3 Å². The van der Waals surface area contributed by atoms with Crippen molar-refractivity contribution in [3.05, 3.63) is 66.0 Å². The smallest absolute Gasteiger partial charge is 0.434 e. The Morgan fingerprint density at radius 2 is 1.89 bits per heavy atom. The maximum atomic E-state index is 12.9. The molecule has 1 fully saturated rings. The van der Waals surface area contributed by atoms with Gasteiger partial charge in [0.2, 0.25) is 0 Å². The summed E-state index contributed by atoms with van der Waals surface area (Å²) in [7, 11) is 0. The van der Waals surface area contributed by atoms with E-state index in [2.05, 4.69) is 25.2 Å². The van der Waals surface area contributed by atoms with Crippen molar-refractivity contribution < 1.29 is 27.9 Å². The Balaban J connectivity index is 1.57. The van der Waals surface area contributed by atoms with Gasteiger partial charge in [-0.05, 0) is 36.6 Å². The minimum atomic E-state index is -4.54. The van der Waals surface area contributed by atoms with E-state index >= 15 is 0 Å². The van der Waals surface area contributed by atoms with Crippen LogP contribution in [0.5, 0.6) is 0 Å². The number of hydrogen-bond donors (Lipinski definition) is 2. The lowest BCUT2D eigenvalue weighted by molar-refractivity contribution is -0.141. The van der Waals surface area contributed by atoms with Crippen LogP contribution < -0.4 is 10.2 Å². The molecule has 0 radical (unpaired) electrons. The van der Waals surface area contributed by atoms with Crippen molar-refractivity contribution >= 4 is 17.7 Å². The van der Waals surface area contributed by atoms with Gasteiger partial charge in [-0.2, -0.15) is 13.2 Å². The number of carbonyl (C=O) groups excluding carboxylic acids is 1. The number of nitrogens with one attached hydrogen (secondary N) is 1. The van der Waals surface area contributed by atoms with Crippen molar-refractivity contribution in [2.75, 3.05) is 11.4 Å². The third-order valence-corrected chi connectivity index (χ3v) is 6.24. The van der Waals surface area contributed by atoms with E-state index in [4.69, 9.17) is 5.11 Å². The van der Waals surface area contributed by atoms with Gasteiger partial charge in [-0.25, -0.2) is 15.0 Å². The predicted molar refractivity (Wildman–Crippen MR) is 128 cm³/mol. The second-order valence-electron chi connectivity index (χ2n) is 8.88. The van der Waals surface area contributed by atoms with Crippen LogP contribution in [0.2, 0.25) is 0 Å². The molecule has 0 bridgehead atoms. The molecule has 4 rings (SSSR count). The number of carboxylic acids is 1. The van der Waals surface area contributed by atoms with Gasteiger partial charge in [0, 0.05) is 37.7 Å². The highest BCUT2D eigenvalue weighted by atomic mass is 19.4. The van der Waals surface area contributed by atoms with Crippen molar-refractivity contribution in [3.63, 3.8) is 0 Å². The zero-order valence-corrected chi connectivity index (χ0v) is 20.0. The number of carbonyl (C=O) groups is 2. The zero-order valence-electron chi connectivity index (χ0n) is 20.0. The lowest BCUT2D eigenvalue weighted by Crippen LogP contribution is -2.39. The van der Waals surface area contributed by atoms with Crippen LogP contribution in [-0.4, -0.2) is 49.1 Å². The highest BCUT2D eigenvalue weighted by Gasteiger charge is 2.33. The van der Waals surface area contributed by atoms with Crippen LogP contribution in [-0.2, 0) is 17.5 Å². The second-order valence-corrected chi connectivity index (χ2v) is 8.88. The first-order chi connectivity index (χ1) is 17.7. The van der Waals surface area contributed by atoms with E-state index in [1.165, 1.54) is 4.57 Å². The molecule has 1 aliphatic carbocycles. The zero-order chi connectivity index (χ0) is 26.4. The summed E-state index contributed by atoms with van der Waals surface area (Å²) < 4.78 is 39.9. The number of amides is 1. The molecule has 196 valence electrons. The molecule has 12 heteroatoms. The third-order valence-electron chi connectivity index (χ3n) is 6.24. The normalized spacial score (nSPS) is 14.4. The molecule has 3 heterocycles.